The fourth-order valence-corrected chi connectivity index (χ4v) is 1.44. The van der Waals surface area contributed by atoms with E-state index in [9.17, 15) is 4.79 Å². The predicted molar refractivity (Wildman–Crippen MR) is 48.8 cm³/mol. The van der Waals surface area contributed by atoms with Gasteiger partial charge in [0.1, 0.15) is 13.2 Å². The van der Waals surface area contributed by atoms with E-state index in [1.807, 2.05) is 0 Å². The summed E-state index contributed by atoms with van der Waals surface area (Å²) in [4.78, 5) is 9.93. The maximum Gasteiger partial charge on any atom is 0.293 e. The fraction of sp³-hybridized carbons (Fsp3) is 0.889. The first kappa shape index (κ1) is 11.4. The van der Waals surface area contributed by atoms with Crippen molar-refractivity contribution < 1.29 is 14.0 Å². The third-order valence-corrected chi connectivity index (χ3v) is 2.76. The molecule has 0 amide bonds. The van der Waals surface area contributed by atoms with Gasteiger partial charge in [-0.15, -0.1) is 0 Å². The van der Waals surface area contributed by atoms with Gasteiger partial charge in [0.05, 0.1) is 19.6 Å². The Kier molecular flexibility index (Phi) is 5.72. The second-order valence-electron chi connectivity index (χ2n) is 2.98. The highest BCUT2D eigenvalue weighted by Crippen LogP contribution is 2.04. The molecule has 0 N–H and O–H groups in total. The van der Waals surface area contributed by atoms with Crippen molar-refractivity contribution in [2.45, 2.75) is 20.8 Å². The second-order valence-corrected chi connectivity index (χ2v) is 2.98. The van der Waals surface area contributed by atoms with Gasteiger partial charge in [-0.25, -0.2) is 0 Å². The molecule has 0 saturated carbocycles. The number of likely N-dealkylation sites (N-methyl/N-ethyl adjacent to an activating group) is 1. The lowest BCUT2D eigenvalue weighted by Crippen LogP contribution is -2.49. The maximum absolute atomic E-state index is 9.93. The summed E-state index contributed by atoms with van der Waals surface area (Å²) >= 11 is 0. The Morgan fingerprint density at radius 1 is 1.17 bits per heavy atom. The largest absolute Gasteiger partial charge is 0.462 e. The molecule has 0 spiro atoms. The van der Waals surface area contributed by atoms with Crippen molar-refractivity contribution in [2.75, 3.05) is 32.8 Å². The molecule has 0 fully saturated rings. The number of quaternary nitrogens is 1. The number of carbonyl (C=O) groups is 1. The van der Waals surface area contributed by atoms with E-state index in [4.69, 9.17) is 4.74 Å². The number of hydrogen-bond donors (Lipinski definition) is 0. The monoisotopic (exact) mass is 174 g/mol. The zero-order valence-corrected chi connectivity index (χ0v) is 8.38. The van der Waals surface area contributed by atoms with Gasteiger partial charge >= 0.3 is 0 Å². The molecule has 0 heterocycles. The third-order valence-electron chi connectivity index (χ3n) is 2.76. The minimum absolute atomic E-state index is 0.523. The predicted octanol–water partition coefficient (Wildman–Crippen LogP) is 1.04. The summed E-state index contributed by atoms with van der Waals surface area (Å²) in [6, 6.07) is 0. The molecule has 3 heteroatoms. The summed E-state index contributed by atoms with van der Waals surface area (Å²) in [6.07, 6.45) is 0. The molecule has 0 aromatic rings. The van der Waals surface area contributed by atoms with Crippen LogP contribution in [0.5, 0.6) is 0 Å². The Balaban J connectivity index is 3.84. The van der Waals surface area contributed by atoms with Crippen LogP contribution in [0.25, 0.3) is 0 Å². The highest BCUT2D eigenvalue weighted by molar-refractivity contribution is 5.36. The number of hydrogen-bond acceptors (Lipinski definition) is 2. The minimum Gasteiger partial charge on any atom is -0.462 e. The molecular weight excluding hydrogens is 154 g/mol. The average molecular weight is 174 g/mol. The van der Waals surface area contributed by atoms with Gasteiger partial charge in [0, 0.05) is 0 Å². The quantitative estimate of drug-likeness (QED) is 0.327. The first-order valence-electron chi connectivity index (χ1n) is 4.65. The third kappa shape index (κ3) is 3.22. The van der Waals surface area contributed by atoms with E-state index in [1.165, 1.54) is 0 Å². The van der Waals surface area contributed by atoms with Crippen molar-refractivity contribution in [1.29, 1.82) is 0 Å². The summed E-state index contributed by atoms with van der Waals surface area (Å²) in [6.45, 7) is 11.8. The molecule has 3 nitrogen and oxygen atoms in total. The lowest BCUT2D eigenvalue weighted by molar-refractivity contribution is -0.923. The van der Waals surface area contributed by atoms with Gasteiger partial charge in [0.2, 0.25) is 0 Å². The van der Waals surface area contributed by atoms with Crippen LogP contribution in [0.3, 0.4) is 0 Å². The zero-order chi connectivity index (χ0) is 9.45. The van der Waals surface area contributed by atoms with E-state index in [0.717, 1.165) is 30.7 Å². The molecule has 0 atom stereocenters. The van der Waals surface area contributed by atoms with E-state index in [0.29, 0.717) is 13.1 Å². The van der Waals surface area contributed by atoms with E-state index in [2.05, 4.69) is 20.8 Å². The molecule has 0 aliphatic carbocycles. The van der Waals surface area contributed by atoms with Crippen molar-refractivity contribution in [3.63, 3.8) is 0 Å². The van der Waals surface area contributed by atoms with Crippen LogP contribution in [0.4, 0.5) is 0 Å². The van der Waals surface area contributed by atoms with Gasteiger partial charge in [-0.2, -0.15) is 0 Å². The van der Waals surface area contributed by atoms with Crippen molar-refractivity contribution in [2.24, 2.45) is 0 Å². The lowest BCUT2D eigenvalue weighted by Gasteiger charge is -2.35. The Morgan fingerprint density at radius 3 is 2.00 bits per heavy atom. The van der Waals surface area contributed by atoms with Gasteiger partial charge in [0.15, 0.2) is 0 Å². The SMILES string of the molecule is CC[N+](CC)(CC)CCOC=O. The lowest BCUT2D eigenvalue weighted by atomic mass is 10.3. The molecule has 0 unspecified atom stereocenters. The summed E-state index contributed by atoms with van der Waals surface area (Å²) < 4.78 is 5.73. The summed E-state index contributed by atoms with van der Waals surface area (Å²) in [5, 5.41) is 0. The van der Waals surface area contributed by atoms with Crippen LogP contribution in [-0.2, 0) is 9.53 Å². The van der Waals surface area contributed by atoms with Gasteiger partial charge in [-0.1, -0.05) is 0 Å². The van der Waals surface area contributed by atoms with Crippen molar-refractivity contribution in [3.05, 3.63) is 0 Å². The van der Waals surface area contributed by atoms with Crippen LogP contribution in [0.1, 0.15) is 20.8 Å². The first-order chi connectivity index (χ1) is 5.74. The van der Waals surface area contributed by atoms with E-state index in [1.54, 1.807) is 0 Å². The van der Waals surface area contributed by atoms with E-state index < -0.39 is 0 Å². The number of nitrogens with zero attached hydrogens (tertiary/aromatic N) is 1. The van der Waals surface area contributed by atoms with Crippen molar-refractivity contribution >= 4 is 6.47 Å². The average Bonchev–Trinajstić information content (AvgIpc) is 2.14. The minimum atomic E-state index is 0.523. The molecule has 0 saturated heterocycles. The molecule has 0 aromatic carbocycles. The molecule has 0 bridgehead atoms. The zero-order valence-electron chi connectivity index (χ0n) is 8.38. The molecule has 0 aliphatic rings. The van der Waals surface area contributed by atoms with Crippen LogP contribution in [0.2, 0.25) is 0 Å². The van der Waals surface area contributed by atoms with Crippen LogP contribution in [-0.4, -0.2) is 43.7 Å². The number of carbonyl (C=O) groups excluding carboxylic acids is 1. The van der Waals surface area contributed by atoms with E-state index in [-0.39, 0.29) is 0 Å². The maximum atomic E-state index is 9.93. The molecule has 0 rings (SSSR count). The van der Waals surface area contributed by atoms with Crippen LogP contribution in [0, 0.1) is 0 Å². The highest BCUT2D eigenvalue weighted by atomic mass is 16.5. The van der Waals surface area contributed by atoms with Crippen LogP contribution < -0.4 is 0 Å². The number of ether oxygens (including phenoxy) is 1. The topological polar surface area (TPSA) is 26.3 Å². The number of rotatable bonds is 7. The van der Waals surface area contributed by atoms with Gasteiger partial charge in [-0.3, -0.25) is 4.79 Å². The Morgan fingerprint density at radius 2 is 1.67 bits per heavy atom. The molecule has 12 heavy (non-hydrogen) atoms. The highest BCUT2D eigenvalue weighted by Gasteiger charge is 2.19. The first-order valence-corrected chi connectivity index (χ1v) is 4.65. The second kappa shape index (κ2) is 6.00. The summed E-state index contributed by atoms with van der Waals surface area (Å²) in [5.74, 6) is 0. The van der Waals surface area contributed by atoms with E-state index >= 15 is 0 Å². The van der Waals surface area contributed by atoms with Crippen molar-refractivity contribution in [1.82, 2.24) is 0 Å². The van der Waals surface area contributed by atoms with Crippen LogP contribution in [0.15, 0.2) is 0 Å². The molecule has 0 radical (unpaired) electrons. The standard InChI is InChI=1S/C9H20NO2/c1-4-10(5-2,6-3)7-8-12-9-11/h9H,4-8H2,1-3H3/q+1. The molecular formula is C9H20NO2+. The Labute approximate surface area is 74.9 Å². The van der Waals surface area contributed by atoms with Gasteiger partial charge in [0.25, 0.3) is 6.47 Å². The molecule has 72 valence electrons. The Bertz CT molecular complexity index is 113. The van der Waals surface area contributed by atoms with Crippen LogP contribution >= 0.6 is 0 Å². The fourth-order valence-electron chi connectivity index (χ4n) is 1.44. The molecule has 0 aliphatic heterocycles. The van der Waals surface area contributed by atoms with Gasteiger partial charge in [-0.05, 0) is 20.8 Å². The smallest absolute Gasteiger partial charge is 0.293 e. The normalized spacial score (nSPS) is 11.2. The Hall–Kier alpha value is -0.570. The van der Waals surface area contributed by atoms with Gasteiger partial charge < -0.3 is 9.22 Å². The summed E-state index contributed by atoms with van der Waals surface area (Å²) in [7, 11) is 0. The van der Waals surface area contributed by atoms with Crippen molar-refractivity contribution in [3.8, 4) is 0 Å². The molecule has 0 aromatic heterocycles. The summed E-state index contributed by atoms with van der Waals surface area (Å²) in [5.41, 5.74) is 0.